The molecule has 1 saturated heterocycles. The van der Waals surface area contributed by atoms with E-state index in [-0.39, 0.29) is 23.0 Å². The third kappa shape index (κ3) is 3.80. The fourth-order valence-corrected chi connectivity index (χ4v) is 4.07. The lowest BCUT2D eigenvalue weighted by Crippen LogP contribution is -2.40. The number of halogens is 1. The van der Waals surface area contributed by atoms with E-state index in [9.17, 15) is 14.0 Å². The third-order valence-corrected chi connectivity index (χ3v) is 5.68. The summed E-state index contributed by atoms with van der Waals surface area (Å²) in [6, 6.07) is 13.8. The van der Waals surface area contributed by atoms with Gasteiger partial charge in [-0.3, -0.25) is 9.59 Å². The minimum Gasteiger partial charge on any atom is -0.373 e. The van der Waals surface area contributed by atoms with E-state index in [1.54, 1.807) is 19.2 Å². The average molecular weight is 409 g/mol. The second kappa shape index (κ2) is 8.28. The Balaban J connectivity index is 1.55. The number of pyridine rings is 1. The van der Waals surface area contributed by atoms with Crippen LogP contribution in [0.5, 0.6) is 0 Å². The topological polar surface area (TPSA) is 77.6 Å². The lowest BCUT2D eigenvalue weighted by Gasteiger charge is -2.35. The summed E-state index contributed by atoms with van der Waals surface area (Å²) in [4.78, 5) is 27.0. The van der Waals surface area contributed by atoms with Crippen molar-refractivity contribution in [3.8, 4) is 0 Å². The molecule has 0 spiro atoms. The number of benzene rings is 2. The number of hydrogen-bond donors (Lipinski definition) is 1. The number of ether oxygens (including phenoxy) is 1. The molecule has 30 heavy (non-hydrogen) atoms. The van der Waals surface area contributed by atoms with Crippen molar-refractivity contribution in [3.05, 3.63) is 75.8 Å². The summed E-state index contributed by atoms with van der Waals surface area (Å²) in [6.45, 7) is 1.71. The number of anilines is 1. The van der Waals surface area contributed by atoms with Gasteiger partial charge in [-0.1, -0.05) is 30.3 Å². The molecule has 3 aromatic rings. The molecule has 0 radical (unpaired) electrons. The van der Waals surface area contributed by atoms with Crippen molar-refractivity contribution < 1.29 is 13.9 Å². The van der Waals surface area contributed by atoms with Crippen molar-refractivity contribution in [2.45, 2.75) is 25.6 Å². The summed E-state index contributed by atoms with van der Waals surface area (Å²) in [5.41, 5.74) is 7.54. The van der Waals surface area contributed by atoms with Crippen LogP contribution in [0.3, 0.4) is 0 Å². The Morgan fingerprint density at radius 2 is 1.80 bits per heavy atom. The molecule has 156 valence electrons. The number of amides is 1. The Kier molecular flexibility index (Phi) is 5.55. The number of primary amides is 1. The van der Waals surface area contributed by atoms with Crippen molar-refractivity contribution in [1.29, 1.82) is 0 Å². The Labute approximate surface area is 173 Å². The van der Waals surface area contributed by atoms with Crippen LogP contribution in [0.15, 0.2) is 53.3 Å². The summed E-state index contributed by atoms with van der Waals surface area (Å²) in [5.74, 6) is -0.982. The summed E-state index contributed by atoms with van der Waals surface area (Å²) < 4.78 is 20.5. The van der Waals surface area contributed by atoms with Gasteiger partial charge in [-0.25, -0.2) is 4.39 Å². The van der Waals surface area contributed by atoms with E-state index in [1.165, 1.54) is 16.7 Å². The molecule has 1 aromatic heterocycles. The van der Waals surface area contributed by atoms with Crippen LogP contribution in [-0.4, -0.2) is 29.7 Å². The molecule has 2 N–H and O–H groups in total. The Bertz CT molecular complexity index is 1130. The van der Waals surface area contributed by atoms with Gasteiger partial charge in [0.25, 0.3) is 11.5 Å². The molecule has 7 heteroatoms. The number of para-hydroxylation sites is 1. The molecular formula is C23H24FN3O3. The quantitative estimate of drug-likeness (QED) is 0.703. The van der Waals surface area contributed by atoms with Crippen LogP contribution in [-0.2, 0) is 18.4 Å². The smallest absolute Gasteiger partial charge is 0.265 e. The Morgan fingerprint density at radius 1 is 1.13 bits per heavy atom. The number of aryl methyl sites for hydroxylation is 1. The van der Waals surface area contributed by atoms with Crippen LogP contribution in [0.2, 0.25) is 0 Å². The number of carbonyl (C=O) groups is 1. The molecule has 4 rings (SSSR count). The zero-order chi connectivity index (χ0) is 21.3. The van der Waals surface area contributed by atoms with Gasteiger partial charge in [-0.2, -0.15) is 0 Å². The molecule has 1 aliphatic heterocycles. The van der Waals surface area contributed by atoms with E-state index in [1.807, 2.05) is 24.3 Å². The molecule has 0 aliphatic carbocycles. The van der Waals surface area contributed by atoms with E-state index in [0.717, 1.165) is 29.3 Å². The standard InChI is InChI=1S/C23H24FN3O3/c1-26-19-5-3-2-4-18(19)21(20(22(25)28)23(26)29)27-12-10-17(11-13-27)30-14-15-6-8-16(24)9-7-15/h2-9,17H,10-14H2,1H3,(H2,25,28). The van der Waals surface area contributed by atoms with Gasteiger partial charge in [0, 0.05) is 25.5 Å². The Hall–Kier alpha value is -3.19. The fourth-order valence-electron chi connectivity index (χ4n) is 4.07. The first-order valence-corrected chi connectivity index (χ1v) is 9.98. The lowest BCUT2D eigenvalue weighted by atomic mass is 10.0. The maximum absolute atomic E-state index is 13.0. The van der Waals surface area contributed by atoms with Crippen LogP contribution in [0.4, 0.5) is 10.1 Å². The maximum Gasteiger partial charge on any atom is 0.265 e. The van der Waals surface area contributed by atoms with Gasteiger partial charge in [-0.15, -0.1) is 0 Å². The number of nitrogens with zero attached hydrogens (tertiary/aromatic N) is 2. The first-order chi connectivity index (χ1) is 14.5. The molecule has 0 saturated carbocycles. The second-order valence-corrected chi connectivity index (χ2v) is 7.59. The average Bonchev–Trinajstić information content (AvgIpc) is 2.76. The molecule has 0 atom stereocenters. The number of rotatable bonds is 5. The largest absolute Gasteiger partial charge is 0.373 e. The summed E-state index contributed by atoms with van der Waals surface area (Å²) in [7, 11) is 1.65. The number of carbonyl (C=O) groups excluding carboxylic acids is 1. The van der Waals surface area contributed by atoms with Gasteiger partial charge in [-0.05, 0) is 36.6 Å². The van der Waals surface area contributed by atoms with Gasteiger partial charge in [0.05, 0.1) is 23.9 Å². The third-order valence-electron chi connectivity index (χ3n) is 5.68. The van der Waals surface area contributed by atoms with Crippen LogP contribution in [0.25, 0.3) is 10.9 Å². The number of nitrogens with two attached hydrogens (primary N) is 1. The molecule has 6 nitrogen and oxygen atoms in total. The highest BCUT2D eigenvalue weighted by molar-refractivity contribution is 6.06. The monoisotopic (exact) mass is 409 g/mol. The molecule has 1 fully saturated rings. The van der Waals surface area contributed by atoms with Crippen molar-refractivity contribution >= 4 is 22.5 Å². The summed E-state index contributed by atoms with van der Waals surface area (Å²) >= 11 is 0. The second-order valence-electron chi connectivity index (χ2n) is 7.59. The van der Waals surface area contributed by atoms with Gasteiger partial charge in [0.15, 0.2) is 0 Å². The van der Waals surface area contributed by atoms with Crippen molar-refractivity contribution in [3.63, 3.8) is 0 Å². The van der Waals surface area contributed by atoms with Gasteiger partial charge >= 0.3 is 0 Å². The van der Waals surface area contributed by atoms with Crippen LogP contribution in [0, 0.1) is 5.82 Å². The predicted molar refractivity (Wildman–Crippen MR) is 114 cm³/mol. The molecule has 2 aromatic carbocycles. The zero-order valence-corrected chi connectivity index (χ0v) is 16.8. The lowest BCUT2D eigenvalue weighted by molar-refractivity contribution is 0.0251. The SMILES string of the molecule is Cn1c(=O)c(C(N)=O)c(N2CCC(OCc3ccc(F)cc3)CC2)c2ccccc21. The van der Waals surface area contributed by atoms with Crippen molar-refractivity contribution in [2.75, 3.05) is 18.0 Å². The number of piperidine rings is 1. The summed E-state index contributed by atoms with van der Waals surface area (Å²) in [5, 5.41) is 0.832. The highest BCUT2D eigenvalue weighted by atomic mass is 19.1. The van der Waals surface area contributed by atoms with Crippen LogP contribution < -0.4 is 16.2 Å². The summed E-state index contributed by atoms with van der Waals surface area (Å²) in [6.07, 6.45) is 1.56. The minimum atomic E-state index is -0.717. The van der Waals surface area contributed by atoms with Crippen molar-refractivity contribution in [1.82, 2.24) is 4.57 Å². The first kappa shape index (κ1) is 20.1. The highest BCUT2D eigenvalue weighted by Crippen LogP contribution is 2.31. The normalized spacial score (nSPS) is 14.9. The maximum atomic E-state index is 13.0. The molecule has 1 aliphatic rings. The highest BCUT2D eigenvalue weighted by Gasteiger charge is 2.27. The fraction of sp³-hybridized carbons (Fsp3) is 0.304. The van der Waals surface area contributed by atoms with E-state index >= 15 is 0 Å². The molecular weight excluding hydrogens is 385 g/mol. The molecule has 2 heterocycles. The molecule has 1 amide bonds. The van der Waals surface area contributed by atoms with Gasteiger partial charge in [0.1, 0.15) is 11.4 Å². The molecule has 0 bridgehead atoms. The van der Waals surface area contributed by atoms with Gasteiger partial charge < -0.3 is 19.9 Å². The minimum absolute atomic E-state index is 0.0295. The number of fused-ring (bicyclic) bond motifs is 1. The van der Waals surface area contributed by atoms with E-state index < -0.39 is 5.91 Å². The first-order valence-electron chi connectivity index (χ1n) is 9.98. The molecule has 0 unspecified atom stereocenters. The zero-order valence-electron chi connectivity index (χ0n) is 16.8. The van der Waals surface area contributed by atoms with Gasteiger partial charge in [0.2, 0.25) is 0 Å². The van der Waals surface area contributed by atoms with E-state index in [2.05, 4.69) is 4.90 Å². The Morgan fingerprint density at radius 3 is 2.47 bits per heavy atom. The van der Waals surface area contributed by atoms with E-state index in [0.29, 0.717) is 25.4 Å². The van der Waals surface area contributed by atoms with Crippen LogP contribution >= 0.6 is 0 Å². The van der Waals surface area contributed by atoms with E-state index in [4.69, 9.17) is 10.5 Å². The number of hydrogen-bond acceptors (Lipinski definition) is 4. The van der Waals surface area contributed by atoms with Crippen LogP contribution in [0.1, 0.15) is 28.8 Å². The predicted octanol–water partition coefficient (Wildman–Crippen LogP) is 2.96. The van der Waals surface area contributed by atoms with Crippen molar-refractivity contribution in [2.24, 2.45) is 12.8 Å². The number of aromatic nitrogens is 1.